The number of anilines is 1. The number of hydrogen-bond donors (Lipinski definition) is 2. The molecule has 150 valence electrons. The van der Waals surface area contributed by atoms with Crippen LogP contribution in [0.5, 0.6) is 17.2 Å². The van der Waals surface area contributed by atoms with Crippen LogP contribution in [0.4, 0.5) is 5.69 Å². The molecule has 0 aliphatic heterocycles. The molecule has 0 aliphatic rings. The van der Waals surface area contributed by atoms with Gasteiger partial charge in [0.25, 0.3) is 0 Å². The molecule has 0 aliphatic carbocycles. The quantitative estimate of drug-likeness (QED) is 0.549. The van der Waals surface area contributed by atoms with Crippen molar-refractivity contribution in [1.82, 2.24) is 4.98 Å². The van der Waals surface area contributed by atoms with Gasteiger partial charge in [-0.05, 0) is 59.4 Å². The minimum absolute atomic E-state index is 0.0670. The van der Waals surface area contributed by atoms with Gasteiger partial charge in [0.2, 0.25) is 5.91 Å². The summed E-state index contributed by atoms with van der Waals surface area (Å²) in [6.45, 7) is 6.27. The Kier molecular flexibility index (Phi) is 6.17. The molecule has 2 N–H and O–H groups in total. The van der Waals surface area contributed by atoms with Gasteiger partial charge < -0.3 is 15.2 Å². The summed E-state index contributed by atoms with van der Waals surface area (Å²) in [6, 6.07) is 16.6. The molecule has 29 heavy (non-hydrogen) atoms. The fourth-order valence-electron chi connectivity index (χ4n) is 2.88. The van der Waals surface area contributed by atoms with E-state index in [1.165, 1.54) is 0 Å². The van der Waals surface area contributed by atoms with Crippen molar-refractivity contribution in [3.05, 3.63) is 78.1 Å². The van der Waals surface area contributed by atoms with E-state index in [2.05, 4.69) is 31.1 Å². The van der Waals surface area contributed by atoms with Gasteiger partial charge >= 0.3 is 0 Å². The Labute approximate surface area is 171 Å². The third-order valence-electron chi connectivity index (χ3n) is 4.56. The Bertz CT molecular complexity index is 979. The number of carbonyl (C=O) groups is 1. The van der Waals surface area contributed by atoms with E-state index >= 15 is 0 Å². The first kappa shape index (κ1) is 20.4. The second kappa shape index (κ2) is 8.78. The number of nitrogens with one attached hydrogen (secondary N) is 1. The van der Waals surface area contributed by atoms with E-state index in [1.807, 2.05) is 36.4 Å². The summed E-state index contributed by atoms with van der Waals surface area (Å²) in [7, 11) is 0. The van der Waals surface area contributed by atoms with Crippen LogP contribution in [0.25, 0.3) is 0 Å². The van der Waals surface area contributed by atoms with Gasteiger partial charge in [-0.25, -0.2) is 0 Å². The minimum atomic E-state index is -0.146. The van der Waals surface area contributed by atoms with Gasteiger partial charge in [0.1, 0.15) is 17.2 Å². The number of aromatic nitrogens is 1. The highest BCUT2D eigenvalue weighted by Gasteiger charge is 2.16. The first-order valence-corrected chi connectivity index (χ1v) is 9.61. The van der Waals surface area contributed by atoms with Gasteiger partial charge in [-0.3, -0.25) is 9.78 Å². The standard InChI is InChI=1S/C24H26N2O3/c1-24(2,3)18-8-9-22(27)21(16-18)26-23(28)10-7-17-5-4-6-20(15-17)29-19-11-13-25-14-12-19/h4-6,8-9,11-16,27H,7,10H2,1-3H3,(H,26,28). The molecule has 0 fully saturated rings. The number of nitrogens with zero attached hydrogens (tertiary/aromatic N) is 1. The van der Waals surface area contributed by atoms with Crippen molar-refractivity contribution >= 4 is 11.6 Å². The summed E-state index contributed by atoms with van der Waals surface area (Å²) in [5.74, 6) is 1.35. The van der Waals surface area contributed by atoms with Gasteiger partial charge in [-0.1, -0.05) is 39.0 Å². The number of benzene rings is 2. The zero-order valence-corrected chi connectivity index (χ0v) is 17.0. The zero-order chi connectivity index (χ0) is 20.9. The first-order chi connectivity index (χ1) is 13.8. The minimum Gasteiger partial charge on any atom is -0.506 e. The Morgan fingerprint density at radius 3 is 2.52 bits per heavy atom. The Balaban J connectivity index is 1.61. The predicted octanol–water partition coefficient (Wildman–Crippen LogP) is 5.45. The van der Waals surface area contributed by atoms with Crippen LogP contribution >= 0.6 is 0 Å². The van der Waals surface area contributed by atoms with Crippen LogP contribution in [-0.4, -0.2) is 16.0 Å². The SMILES string of the molecule is CC(C)(C)c1ccc(O)c(NC(=O)CCc2cccc(Oc3ccncc3)c2)c1. The molecule has 0 atom stereocenters. The molecule has 3 aromatic rings. The fourth-order valence-corrected chi connectivity index (χ4v) is 2.88. The normalized spacial score (nSPS) is 11.1. The number of hydrogen-bond acceptors (Lipinski definition) is 4. The van der Waals surface area contributed by atoms with Gasteiger partial charge in [0.05, 0.1) is 5.69 Å². The molecule has 1 aromatic heterocycles. The third-order valence-corrected chi connectivity index (χ3v) is 4.56. The Morgan fingerprint density at radius 2 is 1.79 bits per heavy atom. The summed E-state index contributed by atoms with van der Waals surface area (Å²) in [6.07, 6.45) is 4.22. The molecule has 0 saturated heterocycles. The third kappa shape index (κ3) is 5.82. The number of pyridine rings is 1. The van der Waals surface area contributed by atoms with Crippen LogP contribution < -0.4 is 10.1 Å². The molecule has 3 rings (SSSR count). The molecule has 5 nitrogen and oxygen atoms in total. The van der Waals surface area contributed by atoms with E-state index in [0.29, 0.717) is 30.0 Å². The molecule has 5 heteroatoms. The van der Waals surface area contributed by atoms with Crippen LogP contribution in [-0.2, 0) is 16.6 Å². The number of phenols is 1. The number of aromatic hydroxyl groups is 1. The number of rotatable bonds is 6. The van der Waals surface area contributed by atoms with Crippen LogP contribution in [0.2, 0.25) is 0 Å². The first-order valence-electron chi connectivity index (χ1n) is 9.61. The molecule has 2 aromatic carbocycles. The van der Waals surface area contributed by atoms with E-state index in [1.54, 1.807) is 30.6 Å². The summed E-state index contributed by atoms with van der Waals surface area (Å²) < 4.78 is 5.81. The zero-order valence-electron chi connectivity index (χ0n) is 17.0. The molecule has 0 unspecified atom stereocenters. The molecular formula is C24H26N2O3. The monoisotopic (exact) mass is 390 g/mol. The summed E-state index contributed by atoms with van der Waals surface area (Å²) in [5.41, 5.74) is 2.42. The van der Waals surface area contributed by atoms with Crippen molar-refractivity contribution in [2.24, 2.45) is 0 Å². The van der Waals surface area contributed by atoms with Crippen molar-refractivity contribution in [2.45, 2.75) is 39.0 Å². The van der Waals surface area contributed by atoms with Crippen LogP contribution in [0.15, 0.2) is 67.0 Å². The predicted molar refractivity (Wildman–Crippen MR) is 115 cm³/mol. The average molecular weight is 390 g/mol. The lowest BCUT2D eigenvalue weighted by molar-refractivity contribution is -0.116. The topological polar surface area (TPSA) is 71.5 Å². The average Bonchev–Trinajstić information content (AvgIpc) is 2.68. The lowest BCUT2D eigenvalue weighted by Gasteiger charge is -2.20. The number of carbonyl (C=O) groups excluding carboxylic acids is 1. The van der Waals surface area contributed by atoms with E-state index in [4.69, 9.17) is 4.74 Å². The smallest absolute Gasteiger partial charge is 0.224 e. The van der Waals surface area contributed by atoms with Crippen molar-refractivity contribution in [3.63, 3.8) is 0 Å². The molecule has 0 radical (unpaired) electrons. The van der Waals surface area contributed by atoms with E-state index < -0.39 is 0 Å². The highest BCUT2D eigenvalue weighted by Crippen LogP contribution is 2.31. The molecule has 1 amide bonds. The molecule has 0 bridgehead atoms. The second-order valence-electron chi connectivity index (χ2n) is 7.96. The molecule has 0 saturated carbocycles. The maximum Gasteiger partial charge on any atom is 0.224 e. The van der Waals surface area contributed by atoms with E-state index in [9.17, 15) is 9.90 Å². The van der Waals surface area contributed by atoms with Gasteiger partial charge in [0, 0.05) is 18.8 Å². The van der Waals surface area contributed by atoms with Gasteiger partial charge in [0.15, 0.2) is 0 Å². The number of amides is 1. The lowest BCUT2D eigenvalue weighted by Crippen LogP contribution is -2.15. The molecule has 1 heterocycles. The van der Waals surface area contributed by atoms with Crippen LogP contribution in [0.3, 0.4) is 0 Å². The lowest BCUT2D eigenvalue weighted by atomic mass is 9.87. The van der Waals surface area contributed by atoms with Crippen molar-refractivity contribution in [3.8, 4) is 17.2 Å². The van der Waals surface area contributed by atoms with Crippen LogP contribution in [0.1, 0.15) is 38.3 Å². The molecular weight excluding hydrogens is 364 g/mol. The van der Waals surface area contributed by atoms with E-state index in [0.717, 1.165) is 11.1 Å². The fraction of sp³-hybridized carbons (Fsp3) is 0.250. The van der Waals surface area contributed by atoms with Gasteiger partial charge in [-0.15, -0.1) is 0 Å². The summed E-state index contributed by atoms with van der Waals surface area (Å²) >= 11 is 0. The van der Waals surface area contributed by atoms with Crippen molar-refractivity contribution in [1.29, 1.82) is 0 Å². The van der Waals surface area contributed by atoms with Crippen molar-refractivity contribution in [2.75, 3.05) is 5.32 Å². The maximum atomic E-state index is 12.4. The Morgan fingerprint density at radius 1 is 1.03 bits per heavy atom. The highest BCUT2D eigenvalue weighted by atomic mass is 16.5. The number of ether oxygens (including phenoxy) is 1. The summed E-state index contributed by atoms with van der Waals surface area (Å²) in [4.78, 5) is 16.4. The Hall–Kier alpha value is -3.34. The second-order valence-corrected chi connectivity index (χ2v) is 7.96. The van der Waals surface area contributed by atoms with Gasteiger partial charge in [-0.2, -0.15) is 0 Å². The highest BCUT2D eigenvalue weighted by molar-refractivity contribution is 5.92. The number of aryl methyl sites for hydroxylation is 1. The molecule has 0 spiro atoms. The largest absolute Gasteiger partial charge is 0.506 e. The van der Waals surface area contributed by atoms with Crippen LogP contribution in [0, 0.1) is 0 Å². The van der Waals surface area contributed by atoms with E-state index in [-0.39, 0.29) is 17.1 Å². The van der Waals surface area contributed by atoms with Crippen molar-refractivity contribution < 1.29 is 14.6 Å². The maximum absolute atomic E-state index is 12.4. The summed E-state index contributed by atoms with van der Waals surface area (Å²) in [5, 5.41) is 12.9. The number of phenolic OH excluding ortho intramolecular Hbond substituents is 1.